The maximum Gasteiger partial charge on any atom is 0.123 e. The van der Waals surface area contributed by atoms with Crippen molar-refractivity contribution in [3.8, 4) is 33.8 Å². The van der Waals surface area contributed by atoms with E-state index in [2.05, 4.69) is 20.4 Å². The van der Waals surface area contributed by atoms with Gasteiger partial charge in [-0.3, -0.25) is 5.10 Å². The van der Waals surface area contributed by atoms with E-state index >= 15 is 0 Å². The average Bonchev–Trinajstić information content (AvgIpc) is 3.17. The molecule has 24 heavy (non-hydrogen) atoms. The SMILES string of the molecule is Fc1ccc(-c2ccc(-c3ccc(-c4ccn[nH]4)cc3)nn2)cc1. The van der Waals surface area contributed by atoms with Gasteiger partial charge in [-0.1, -0.05) is 24.3 Å². The molecule has 0 spiro atoms. The Morgan fingerprint density at radius 3 is 1.67 bits per heavy atom. The van der Waals surface area contributed by atoms with Gasteiger partial charge in [0.15, 0.2) is 0 Å². The number of hydrogen-bond acceptors (Lipinski definition) is 3. The highest BCUT2D eigenvalue weighted by molar-refractivity contribution is 5.67. The van der Waals surface area contributed by atoms with E-state index in [1.54, 1.807) is 18.3 Å². The van der Waals surface area contributed by atoms with Crippen molar-refractivity contribution in [1.82, 2.24) is 20.4 Å². The van der Waals surface area contributed by atoms with Crippen LogP contribution < -0.4 is 0 Å². The van der Waals surface area contributed by atoms with Crippen LogP contribution in [0.4, 0.5) is 4.39 Å². The van der Waals surface area contributed by atoms with Crippen LogP contribution in [0.3, 0.4) is 0 Å². The standard InChI is InChI=1S/C19H13FN4/c20-16-7-5-15(6-8-16)18-10-9-17(23-24-18)13-1-3-14(4-2-13)19-11-12-21-22-19/h1-12H,(H,21,22). The summed E-state index contributed by atoms with van der Waals surface area (Å²) >= 11 is 0. The van der Waals surface area contributed by atoms with Crippen molar-refractivity contribution in [2.75, 3.05) is 0 Å². The Bertz CT molecular complexity index is 928. The highest BCUT2D eigenvalue weighted by atomic mass is 19.1. The molecule has 0 radical (unpaired) electrons. The van der Waals surface area contributed by atoms with Gasteiger partial charge in [0.2, 0.25) is 0 Å². The smallest absolute Gasteiger partial charge is 0.123 e. The van der Waals surface area contributed by atoms with Crippen LogP contribution in [0.5, 0.6) is 0 Å². The third-order valence-corrected chi connectivity index (χ3v) is 3.80. The number of H-pyrrole nitrogens is 1. The number of rotatable bonds is 3. The number of benzene rings is 2. The molecule has 0 aliphatic rings. The zero-order valence-corrected chi connectivity index (χ0v) is 12.6. The summed E-state index contributed by atoms with van der Waals surface area (Å²) in [7, 11) is 0. The second-order valence-electron chi connectivity index (χ2n) is 5.36. The molecule has 0 bridgehead atoms. The molecule has 0 amide bonds. The Labute approximate surface area is 138 Å². The molecular formula is C19H13FN4. The van der Waals surface area contributed by atoms with E-state index in [-0.39, 0.29) is 5.82 Å². The molecular weight excluding hydrogens is 303 g/mol. The third kappa shape index (κ3) is 2.79. The predicted molar refractivity (Wildman–Crippen MR) is 90.4 cm³/mol. The number of halogens is 1. The van der Waals surface area contributed by atoms with Crippen LogP contribution in [-0.2, 0) is 0 Å². The van der Waals surface area contributed by atoms with E-state index in [9.17, 15) is 4.39 Å². The normalized spacial score (nSPS) is 10.7. The molecule has 2 aromatic carbocycles. The van der Waals surface area contributed by atoms with Gasteiger partial charge >= 0.3 is 0 Å². The topological polar surface area (TPSA) is 54.5 Å². The fourth-order valence-corrected chi connectivity index (χ4v) is 2.50. The van der Waals surface area contributed by atoms with Crippen LogP contribution in [0.1, 0.15) is 0 Å². The summed E-state index contributed by atoms with van der Waals surface area (Å²) in [6.45, 7) is 0. The van der Waals surface area contributed by atoms with E-state index in [1.165, 1.54) is 12.1 Å². The molecule has 0 atom stereocenters. The van der Waals surface area contributed by atoms with Gasteiger partial charge in [-0.05, 0) is 48.0 Å². The number of nitrogens with zero attached hydrogens (tertiary/aromatic N) is 3. The summed E-state index contributed by atoms with van der Waals surface area (Å²) in [5, 5.41) is 15.4. The molecule has 0 fully saturated rings. The molecule has 4 nitrogen and oxygen atoms in total. The van der Waals surface area contributed by atoms with Gasteiger partial charge in [0, 0.05) is 17.3 Å². The Morgan fingerprint density at radius 1 is 0.625 bits per heavy atom. The molecule has 0 saturated heterocycles. The van der Waals surface area contributed by atoms with Gasteiger partial charge in [-0.15, -0.1) is 10.2 Å². The molecule has 2 aromatic heterocycles. The molecule has 5 heteroatoms. The summed E-state index contributed by atoms with van der Waals surface area (Å²) in [5.74, 6) is -0.263. The molecule has 1 N–H and O–H groups in total. The van der Waals surface area contributed by atoms with Crippen molar-refractivity contribution in [3.63, 3.8) is 0 Å². The van der Waals surface area contributed by atoms with Crippen molar-refractivity contribution in [1.29, 1.82) is 0 Å². The third-order valence-electron chi connectivity index (χ3n) is 3.80. The van der Waals surface area contributed by atoms with Crippen LogP contribution in [0.2, 0.25) is 0 Å². The van der Waals surface area contributed by atoms with Gasteiger partial charge < -0.3 is 0 Å². The molecule has 4 aromatic rings. The zero-order valence-electron chi connectivity index (χ0n) is 12.6. The minimum absolute atomic E-state index is 0.263. The van der Waals surface area contributed by atoms with Gasteiger partial charge in [0.25, 0.3) is 0 Å². The van der Waals surface area contributed by atoms with E-state index in [0.29, 0.717) is 5.69 Å². The molecule has 0 unspecified atom stereocenters. The van der Waals surface area contributed by atoms with Crippen molar-refractivity contribution < 1.29 is 4.39 Å². The van der Waals surface area contributed by atoms with Gasteiger partial charge in [-0.25, -0.2) is 4.39 Å². The van der Waals surface area contributed by atoms with Crippen molar-refractivity contribution >= 4 is 0 Å². The van der Waals surface area contributed by atoms with Crippen LogP contribution in [0.25, 0.3) is 33.8 Å². The molecule has 2 heterocycles. The first kappa shape index (κ1) is 14.3. The Kier molecular flexibility index (Phi) is 3.59. The number of nitrogens with one attached hydrogen (secondary N) is 1. The number of aromatic nitrogens is 4. The second-order valence-corrected chi connectivity index (χ2v) is 5.36. The lowest BCUT2D eigenvalue weighted by molar-refractivity contribution is 0.628. The maximum absolute atomic E-state index is 13.0. The van der Waals surface area contributed by atoms with Crippen LogP contribution in [0.15, 0.2) is 72.9 Å². The first-order valence-electron chi connectivity index (χ1n) is 7.49. The zero-order chi connectivity index (χ0) is 16.4. The van der Waals surface area contributed by atoms with Crippen molar-refractivity contribution in [2.45, 2.75) is 0 Å². The Morgan fingerprint density at radius 2 is 1.17 bits per heavy atom. The Hall–Kier alpha value is -3.34. The molecule has 116 valence electrons. The van der Waals surface area contributed by atoms with Crippen LogP contribution in [0, 0.1) is 5.82 Å². The first-order chi connectivity index (χ1) is 11.8. The largest absolute Gasteiger partial charge is 0.278 e. The second kappa shape index (κ2) is 6.04. The summed E-state index contributed by atoms with van der Waals surface area (Å²) in [4.78, 5) is 0. The summed E-state index contributed by atoms with van der Waals surface area (Å²) in [5.41, 5.74) is 5.36. The van der Waals surface area contributed by atoms with Crippen molar-refractivity contribution in [2.24, 2.45) is 0 Å². The lowest BCUT2D eigenvalue weighted by Crippen LogP contribution is -1.91. The Balaban J connectivity index is 1.59. The maximum atomic E-state index is 13.0. The van der Waals surface area contributed by atoms with Gasteiger partial charge in [0.05, 0.1) is 17.1 Å². The summed E-state index contributed by atoms with van der Waals surface area (Å²) in [6, 6.07) is 20.0. The van der Waals surface area contributed by atoms with E-state index in [4.69, 9.17) is 0 Å². The van der Waals surface area contributed by atoms with E-state index < -0.39 is 0 Å². The lowest BCUT2D eigenvalue weighted by atomic mass is 10.1. The lowest BCUT2D eigenvalue weighted by Gasteiger charge is -2.04. The van der Waals surface area contributed by atoms with E-state index in [1.807, 2.05) is 42.5 Å². The fourth-order valence-electron chi connectivity index (χ4n) is 2.50. The minimum Gasteiger partial charge on any atom is -0.278 e. The number of hydrogen-bond donors (Lipinski definition) is 1. The quantitative estimate of drug-likeness (QED) is 0.611. The van der Waals surface area contributed by atoms with Gasteiger partial charge in [0.1, 0.15) is 5.82 Å². The summed E-state index contributed by atoms with van der Waals surface area (Å²) in [6.07, 6.45) is 1.73. The molecule has 0 aliphatic carbocycles. The monoisotopic (exact) mass is 316 g/mol. The fraction of sp³-hybridized carbons (Fsp3) is 0. The predicted octanol–water partition coefficient (Wildman–Crippen LogP) is 4.34. The highest BCUT2D eigenvalue weighted by Gasteiger charge is 2.05. The molecule has 0 aliphatic heterocycles. The summed E-state index contributed by atoms with van der Waals surface area (Å²) < 4.78 is 13.0. The van der Waals surface area contributed by atoms with Crippen molar-refractivity contribution in [3.05, 3.63) is 78.7 Å². The average molecular weight is 316 g/mol. The first-order valence-corrected chi connectivity index (χ1v) is 7.49. The highest BCUT2D eigenvalue weighted by Crippen LogP contribution is 2.23. The minimum atomic E-state index is -0.263. The van der Waals surface area contributed by atoms with E-state index in [0.717, 1.165) is 28.1 Å². The van der Waals surface area contributed by atoms with Crippen LogP contribution >= 0.6 is 0 Å². The molecule has 0 saturated carbocycles. The number of aromatic amines is 1. The van der Waals surface area contributed by atoms with Gasteiger partial charge in [-0.2, -0.15) is 5.10 Å². The van der Waals surface area contributed by atoms with Crippen LogP contribution in [-0.4, -0.2) is 20.4 Å². The molecule has 4 rings (SSSR count).